The molecule has 1 aromatic carbocycles. The lowest BCUT2D eigenvalue weighted by Crippen LogP contribution is -2.19. The zero-order valence-corrected chi connectivity index (χ0v) is 9.54. The first-order valence-electron chi connectivity index (χ1n) is 5.36. The predicted molar refractivity (Wildman–Crippen MR) is 65.0 cm³/mol. The fourth-order valence-corrected chi connectivity index (χ4v) is 2.98. The van der Waals surface area contributed by atoms with Crippen LogP contribution in [0.1, 0.15) is 5.56 Å². The second-order valence-corrected chi connectivity index (χ2v) is 5.02. The quantitative estimate of drug-likeness (QED) is 0.811. The van der Waals surface area contributed by atoms with Crippen molar-refractivity contribution in [1.82, 2.24) is 5.32 Å². The molecule has 2 nitrogen and oxygen atoms in total. The van der Waals surface area contributed by atoms with Gasteiger partial charge in [0.25, 0.3) is 0 Å². The monoisotopic (exact) mass is 223 g/mol. The van der Waals surface area contributed by atoms with E-state index in [1.54, 1.807) is 0 Å². The van der Waals surface area contributed by atoms with Crippen molar-refractivity contribution in [2.45, 2.75) is 11.9 Å². The second-order valence-electron chi connectivity index (χ2n) is 3.99. The summed E-state index contributed by atoms with van der Waals surface area (Å²) in [6, 6.07) is 10.5. The largest absolute Gasteiger partial charge is 0.391 e. The summed E-state index contributed by atoms with van der Waals surface area (Å²) < 4.78 is 0. The highest BCUT2D eigenvalue weighted by molar-refractivity contribution is 7.98. The molecule has 1 heterocycles. The minimum Gasteiger partial charge on any atom is -0.391 e. The molecule has 1 aliphatic heterocycles. The Bertz CT molecular complexity index is 291. The van der Waals surface area contributed by atoms with Gasteiger partial charge in [-0.25, -0.2) is 0 Å². The molecule has 1 saturated heterocycles. The lowest BCUT2D eigenvalue weighted by atomic mass is 10.1. The summed E-state index contributed by atoms with van der Waals surface area (Å²) >= 11 is 1.91. The Balaban J connectivity index is 1.71. The van der Waals surface area contributed by atoms with Crippen molar-refractivity contribution in [3.05, 3.63) is 35.9 Å². The Morgan fingerprint density at radius 1 is 1.27 bits per heavy atom. The summed E-state index contributed by atoms with van der Waals surface area (Å²) in [5.74, 6) is 2.52. The summed E-state index contributed by atoms with van der Waals surface area (Å²) in [7, 11) is 0. The summed E-state index contributed by atoms with van der Waals surface area (Å²) in [6.07, 6.45) is -0.145. The molecule has 2 atom stereocenters. The third-order valence-corrected chi connectivity index (χ3v) is 3.95. The van der Waals surface area contributed by atoms with Crippen molar-refractivity contribution in [3.63, 3.8) is 0 Å². The molecule has 2 rings (SSSR count). The fraction of sp³-hybridized carbons (Fsp3) is 0.500. The highest BCUT2D eigenvalue weighted by Crippen LogP contribution is 2.19. The summed E-state index contributed by atoms with van der Waals surface area (Å²) in [5, 5.41) is 12.8. The minimum atomic E-state index is -0.145. The van der Waals surface area contributed by atoms with Crippen molar-refractivity contribution in [2.24, 2.45) is 5.92 Å². The van der Waals surface area contributed by atoms with Crippen molar-refractivity contribution in [2.75, 3.05) is 18.8 Å². The number of nitrogens with one attached hydrogen (secondary N) is 1. The summed E-state index contributed by atoms with van der Waals surface area (Å²) in [5.41, 5.74) is 1.36. The molecule has 1 aromatic rings. The smallest absolute Gasteiger partial charge is 0.0712 e. The van der Waals surface area contributed by atoms with Crippen LogP contribution in [0.4, 0.5) is 0 Å². The van der Waals surface area contributed by atoms with Crippen LogP contribution < -0.4 is 5.32 Å². The maximum Gasteiger partial charge on any atom is 0.0712 e. The SMILES string of the molecule is OC1CNC[C@@H]1CSCc1ccccc1. The normalized spacial score (nSPS) is 25.7. The molecule has 0 bridgehead atoms. The summed E-state index contributed by atoms with van der Waals surface area (Å²) in [4.78, 5) is 0. The van der Waals surface area contributed by atoms with Crippen LogP contribution in [0.25, 0.3) is 0 Å². The first kappa shape index (κ1) is 11.0. The van der Waals surface area contributed by atoms with E-state index >= 15 is 0 Å². The minimum absolute atomic E-state index is 0.145. The lowest BCUT2D eigenvalue weighted by molar-refractivity contribution is 0.158. The predicted octanol–water partition coefficient (Wildman–Crippen LogP) is 1.50. The molecule has 3 heteroatoms. The van der Waals surface area contributed by atoms with Gasteiger partial charge in [-0.15, -0.1) is 0 Å². The molecule has 0 aliphatic carbocycles. The van der Waals surface area contributed by atoms with Crippen LogP contribution in [-0.4, -0.2) is 30.1 Å². The molecule has 0 radical (unpaired) electrons. The van der Waals surface area contributed by atoms with Gasteiger partial charge in [-0.1, -0.05) is 30.3 Å². The van der Waals surface area contributed by atoms with Crippen molar-refractivity contribution in [1.29, 1.82) is 0 Å². The van der Waals surface area contributed by atoms with E-state index in [1.807, 2.05) is 17.8 Å². The van der Waals surface area contributed by atoms with Gasteiger partial charge in [-0.3, -0.25) is 0 Å². The number of hydrogen-bond acceptors (Lipinski definition) is 3. The lowest BCUT2D eigenvalue weighted by Gasteiger charge is -2.12. The van der Waals surface area contributed by atoms with Crippen molar-refractivity contribution in [3.8, 4) is 0 Å². The van der Waals surface area contributed by atoms with Crippen LogP contribution in [-0.2, 0) is 5.75 Å². The zero-order chi connectivity index (χ0) is 10.5. The molecular formula is C12H17NOS. The van der Waals surface area contributed by atoms with Gasteiger partial charge < -0.3 is 10.4 Å². The Morgan fingerprint density at radius 3 is 2.73 bits per heavy atom. The molecule has 0 spiro atoms. The van der Waals surface area contributed by atoms with E-state index in [4.69, 9.17) is 0 Å². The van der Waals surface area contributed by atoms with E-state index in [9.17, 15) is 5.11 Å². The number of benzene rings is 1. The number of rotatable bonds is 4. The van der Waals surface area contributed by atoms with Gasteiger partial charge in [-0.2, -0.15) is 11.8 Å². The van der Waals surface area contributed by atoms with E-state index in [0.717, 1.165) is 24.6 Å². The Morgan fingerprint density at radius 2 is 2.07 bits per heavy atom. The molecule has 1 fully saturated rings. The van der Waals surface area contributed by atoms with Gasteiger partial charge in [0.2, 0.25) is 0 Å². The van der Waals surface area contributed by atoms with E-state index in [1.165, 1.54) is 5.56 Å². The number of aliphatic hydroxyl groups is 1. The van der Waals surface area contributed by atoms with Gasteiger partial charge >= 0.3 is 0 Å². The maximum atomic E-state index is 9.61. The van der Waals surface area contributed by atoms with Crippen LogP contribution in [0, 0.1) is 5.92 Å². The van der Waals surface area contributed by atoms with E-state index in [-0.39, 0.29) is 6.10 Å². The van der Waals surface area contributed by atoms with Gasteiger partial charge in [0.1, 0.15) is 0 Å². The third kappa shape index (κ3) is 3.23. The van der Waals surface area contributed by atoms with Crippen LogP contribution in [0.3, 0.4) is 0 Å². The molecule has 15 heavy (non-hydrogen) atoms. The van der Waals surface area contributed by atoms with Crippen LogP contribution >= 0.6 is 11.8 Å². The highest BCUT2D eigenvalue weighted by Gasteiger charge is 2.24. The average molecular weight is 223 g/mol. The zero-order valence-electron chi connectivity index (χ0n) is 8.73. The van der Waals surface area contributed by atoms with Gasteiger partial charge in [-0.05, 0) is 5.56 Å². The van der Waals surface area contributed by atoms with Crippen LogP contribution in [0.5, 0.6) is 0 Å². The van der Waals surface area contributed by atoms with Gasteiger partial charge in [0.05, 0.1) is 6.10 Å². The van der Waals surface area contributed by atoms with Crippen LogP contribution in [0.2, 0.25) is 0 Å². The first-order chi connectivity index (χ1) is 7.36. The molecule has 0 amide bonds. The molecule has 0 aromatic heterocycles. The maximum absolute atomic E-state index is 9.61. The standard InChI is InChI=1S/C12H17NOS/c14-12-7-13-6-11(12)9-15-8-10-4-2-1-3-5-10/h1-5,11-14H,6-9H2/t11-,12?/m1/s1. The second kappa shape index (κ2) is 5.54. The highest BCUT2D eigenvalue weighted by atomic mass is 32.2. The van der Waals surface area contributed by atoms with E-state index in [0.29, 0.717) is 5.92 Å². The molecule has 1 unspecified atom stereocenters. The number of β-amino-alcohol motifs (C(OH)–C–C–N with tert-alkyl or cyclic N) is 1. The van der Waals surface area contributed by atoms with E-state index < -0.39 is 0 Å². The summed E-state index contributed by atoms with van der Waals surface area (Å²) in [6.45, 7) is 1.72. The fourth-order valence-electron chi connectivity index (χ4n) is 1.79. The molecule has 2 N–H and O–H groups in total. The Labute approximate surface area is 95.1 Å². The first-order valence-corrected chi connectivity index (χ1v) is 6.52. The third-order valence-electron chi connectivity index (χ3n) is 2.75. The average Bonchev–Trinajstić information content (AvgIpc) is 2.66. The molecule has 0 saturated carbocycles. The molecular weight excluding hydrogens is 206 g/mol. The number of hydrogen-bond donors (Lipinski definition) is 2. The van der Waals surface area contributed by atoms with Crippen molar-refractivity contribution >= 4 is 11.8 Å². The molecule has 82 valence electrons. The number of aliphatic hydroxyl groups excluding tert-OH is 1. The van der Waals surface area contributed by atoms with E-state index in [2.05, 4.69) is 29.6 Å². The Kier molecular flexibility index (Phi) is 4.06. The Hall–Kier alpha value is -0.510. The van der Waals surface area contributed by atoms with Crippen molar-refractivity contribution < 1.29 is 5.11 Å². The van der Waals surface area contributed by atoms with Gasteiger partial charge in [0, 0.05) is 30.5 Å². The van der Waals surface area contributed by atoms with Crippen LogP contribution in [0.15, 0.2) is 30.3 Å². The van der Waals surface area contributed by atoms with Gasteiger partial charge in [0.15, 0.2) is 0 Å². The molecule has 1 aliphatic rings. The number of thioether (sulfide) groups is 1. The topological polar surface area (TPSA) is 32.3 Å².